The first-order valence-electron chi connectivity index (χ1n) is 6.19. The van der Waals surface area contributed by atoms with Gasteiger partial charge in [-0.05, 0) is 32.7 Å². The fourth-order valence-corrected chi connectivity index (χ4v) is 3.81. The molecule has 0 saturated carbocycles. The number of nitrogens with zero attached hydrogens (tertiary/aromatic N) is 2. The zero-order valence-corrected chi connectivity index (χ0v) is 10.9. The highest BCUT2D eigenvalue weighted by atomic mass is 32.2. The van der Waals surface area contributed by atoms with Crippen LogP contribution in [0.4, 0.5) is 0 Å². The summed E-state index contributed by atoms with van der Waals surface area (Å²) >= 11 is 0. The van der Waals surface area contributed by atoms with Gasteiger partial charge in [0.25, 0.3) is 0 Å². The minimum Gasteiger partial charge on any atom is -0.299 e. The molecule has 3 unspecified atom stereocenters. The summed E-state index contributed by atoms with van der Waals surface area (Å²) in [5, 5.41) is 7.73. The van der Waals surface area contributed by atoms with Gasteiger partial charge in [-0.1, -0.05) is 6.42 Å². The summed E-state index contributed by atoms with van der Waals surface area (Å²) in [5.41, 5.74) is 0. The van der Waals surface area contributed by atoms with Crippen LogP contribution >= 0.6 is 0 Å². The largest absolute Gasteiger partial charge is 0.299 e. The van der Waals surface area contributed by atoms with Crippen LogP contribution < -0.4 is 4.72 Å². The number of nitrogens with one attached hydrogen (secondary N) is 1. The zero-order chi connectivity index (χ0) is 12.5. The molecule has 2 saturated heterocycles. The molecule has 2 rings (SSSR count). The van der Waals surface area contributed by atoms with Crippen LogP contribution in [0.15, 0.2) is 0 Å². The summed E-state index contributed by atoms with van der Waals surface area (Å²) in [6.45, 7) is 3.48. The second-order valence-electron chi connectivity index (χ2n) is 4.93. The van der Waals surface area contributed by atoms with Crippen molar-refractivity contribution in [1.29, 1.82) is 5.26 Å². The van der Waals surface area contributed by atoms with Gasteiger partial charge in [-0.2, -0.15) is 5.26 Å². The molecule has 0 radical (unpaired) electrons. The molecule has 2 heterocycles. The molecule has 0 amide bonds. The van der Waals surface area contributed by atoms with Crippen molar-refractivity contribution in [3.8, 4) is 6.07 Å². The number of rotatable bonds is 3. The summed E-state index contributed by atoms with van der Waals surface area (Å²) in [6.07, 6.45) is 4.31. The average Bonchev–Trinajstić information content (AvgIpc) is 2.71. The number of piperidine rings is 1. The molecule has 2 fully saturated rings. The van der Waals surface area contributed by atoms with E-state index in [0.717, 1.165) is 25.9 Å². The SMILES string of the molecule is CC(C#N)S(=O)(=O)NC1CCN2CCCCC12. The molecule has 0 aromatic rings. The van der Waals surface area contributed by atoms with Crippen molar-refractivity contribution in [3.63, 3.8) is 0 Å². The van der Waals surface area contributed by atoms with Gasteiger partial charge in [-0.15, -0.1) is 0 Å². The third-order valence-electron chi connectivity index (χ3n) is 3.82. The molecule has 0 bridgehead atoms. The molecule has 0 aromatic heterocycles. The summed E-state index contributed by atoms with van der Waals surface area (Å²) in [6, 6.07) is 2.12. The molecule has 3 atom stereocenters. The maximum Gasteiger partial charge on any atom is 0.227 e. The van der Waals surface area contributed by atoms with Gasteiger partial charge in [0, 0.05) is 18.6 Å². The van der Waals surface area contributed by atoms with E-state index in [2.05, 4.69) is 9.62 Å². The molecular formula is C11H19N3O2S. The highest BCUT2D eigenvalue weighted by Gasteiger charge is 2.38. The first kappa shape index (κ1) is 12.8. The van der Waals surface area contributed by atoms with E-state index < -0.39 is 15.3 Å². The topological polar surface area (TPSA) is 73.2 Å². The van der Waals surface area contributed by atoms with Crippen molar-refractivity contribution in [3.05, 3.63) is 0 Å². The normalized spacial score (nSPS) is 31.8. The fraction of sp³-hybridized carbons (Fsp3) is 0.909. The predicted octanol–water partition coefficient (Wildman–Crippen LogP) is 0.445. The molecule has 17 heavy (non-hydrogen) atoms. The van der Waals surface area contributed by atoms with E-state index in [1.165, 1.54) is 19.8 Å². The number of fused-ring (bicyclic) bond motifs is 1. The smallest absolute Gasteiger partial charge is 0.227 e. The van der Waals surface area contributed by atoms with E-state index in [1.54, 1.807) is 6.07 Å². The Hall–Kier alpha value is -0.640. The van der Waals surface area contributed by atoms with Gasteiger partial charge in [-0.3, -0.25) is 4.90 Å². The Morgan fingerprint density at radius 2 is 2.12 bits per heavy atom. The van der Waals surface area contributed by atoms with Crippen LogP contribution in [0.25, 0.3) is 0 Å². The lowest BCUT2D eigenvalue weighted by atomic mass is 10.00. The van der Waals surface area contributed by atoms with Crippen LogP contribution in [0.2, 0.25) is 0 Å². The lowest BCUT2D eigenvalue weighted by Crippen LogP contribution is -2.48. The molecule has 2 aliphatic heterocycles. The molecule has 96 valence electrons. The molecular weight excluding hydrogens is 238 g/mol. The molecule has 0 aromatic carbocycles. The number of sulfonamides is 1. The van der Waals surface area contributed by atoms with Gasteiger partial charge in [0.2, 0.25) is 10.0 Å². The molecule has 2 aliphatic rings. The van der Waals surface area contributed by atoms with Crippen LogP contribution in [-0.2, 0) is 10.0 Å². The zero-order valence-electron chi connectivity index (χ0n) is 10.1. The van der Waals surface area contributed by atoms with E-state index >= 15 is 0 Å². The molecule has 5 nitrogen and oxygen atoms in total. The highest BCUT2D eigenvalue weighted by molar-refractivity contribution is 7.90. The lowest BCUT2D eigenvalue weighted by Gasteiger charge is -2.32. The van der Waals surface area contributed by atoms with Gasteiger partial charge in [0.05, 0.1) is 6.07 Å². The molecule has 1 N–H and O–H groups in total. The van der Waals surface area contributed by atoms with Gasteiger partial charge < -0.3 is 0 Å². The van der Waals surface area contributed by atoms with Crippen molar-refractivity contribution >= 4 is 10.0 Å². The minimum atomic E-state index is -3.48. The van der Waals surface area contributed by atoms with Crippen LogP contribution in [0.5, 0.6) is 0 Å². The maximum absolute atomic E-state index is 11.8. The summed E-state index contributed by atoms with van der Waals surface area (Å²) < 4.78 is 26.4. The van der Waals surface area contributed by atoms with Crippen molar-refractivity contribution in [2.75, 3.05) is 13.1 Å². The van der Waals surface area contributed by atoms with E-state index in [4.69, 9.17) is 5.26 Å². The summed E-state index contributed by atoms with van der Waals surface area (Å²) in [5.74, 6) is 0. The van der Waals surface area contributed by atoms with E-state index in [0.29, 0.717) is 6.04 Å². The standard InChI is InChI=1S/C11H19N3O2S/c1-9(8-12)17(15,16)13-10-5-7-14-6-3-2-4-11(10)14/h9-11,13H,2-7H2,1H3. The van der Waals surface area contributed by atoms with Crippen molar-refractivity contribution in [2.45, 2.75) is 49.9 Å². The fourth-order valence-electron chi connectivity index (χ4n) is 2.77. The second-order valence-corrected chi connectivity index (χ2v) is 6.96. The first-order chi connectivity index (χ1) is 8.04. The third kappa shape index (κ3) is 2.62. The Morgan fingerprint density at radius 3 is 2.82 bits per heavy atom. The van der Waals surface area contributed by atoms with Gasteiger partial charge in [0.15, 0.2) is 5.25 Å². The highest BCUT2D eigenvalue weighted by Crippen LogP contribution is 2.27. The minimum absolute atomic E-state index is 0.00361. The number of hydrogen-bond acceptors (Lipinski definition) is 4. The van der Waals surface area contributed by atoms with Crippen LogP contribution in [-0.4, -0.2) is 43.7 Å². The average molecular weight is 257 g/mol. The van der Waals surface area contributed by atoms with E-state index in [9.17, 15) is 8.42 Å². The van der Waals surface area contributed by atoms with Crippen LogP contribution in [0, 0.1) is 11.3 Å². The molecule has 6 heteroatoms. The van der Waals surface area contributed by atoms with Crippen molar-refractivity contribution in [2.24, 2.45) is 0 Å². The Kier molecular flexibility index (Phi) is 3.71. The Labute approximate surface area is 103 Å². The maximum atomic E-state index is 11.8. The second kappa shape index (κ2) is 4.92. The van der Waals surface area contributed by atoms with E-state index in [1.807, 2.05) is 0 Å². The Morgan fingerprint density at radius 1 is 1.35 bits per heavy atom. The number of nitriles is 1. The quantitative estimate of drug-likeness (QED) is 0.796. The molecule has 0 aliphatic carbocycles. The monoisotopic (exact) mass is 257 g/mol. The van der Waals surface area contributed by atoms with E-state index in [-0.39, 0.29) is 6.04 Å². The van der Waals surface area contributed by atoms with Crippen molar-refractivity contribution in [1.82, 2.24) is 9.62 Å². The van der Waals surface area contributed by atoms with Crippen molar-refractivity contribution < 1.29 is 8.42 Å². The van der Waals surface area contributed by atoms with Gasteiger partial charge >= 0.3 is 0 Å². The molecule has 0 spiro atoms. The van der Waals surface area contributed by atoms with Gasteiger partial charge in [0.1, 0.15) is 0 Å². The first-order valence-corrected chi connectivity index (χ1v) is 7.74. The third-order valence-corrected chi connectivity index (χ3v) is 5.49. The number of hydrogen-bond donors (Lipinski definition) is 1. The summed E-state index contributed by atoms with van der Waals surface area (Å²) in [7, 11) is -3.48. The Balaban J connectivity index is 2.03. The van der Waals surface area contributed by atoms with Gasteiger partial charge in [-0.25, -0.2) is 13.1 Å². The van der Waals surface area contributed by atoms with Crippen LogP contribution in [0.3, 0.4) is 0 Å². The lowest BCUT2D eigenvalue weighted by molar-refractivity contribution is 0.186. The predicted molar refractivity (Wildman–Crippen MR) is 64.7 cm³/mol. The summed E-state index contributed by atoms with van der Waals surface area (Å²) in [4.78, 5) is 2.37. The van der Waals surface area contributed by atoms with Crippen LogP contribution in [0.1, 0.15) is 32.6 Å². The Bertz CT molecular complexity index is 415.